The second-order valence-electron chi connectivity index (χ2n) is 3.49. The number of aromatic nitrogens is 2. The van der Waals surface area contributed by atoms with Crippen LogP contribution in [0, 0.1) is 5.82 Å². The molecule has 2 rings (SSSR count). The number of nitrogens with two attached hydrogens (primary N) is 1. The van der Waals surface area contributed by atoms with E-state index in [0.29, 0.717) is 13.1 Å². The molecule has 2 aromatic rings. The molecule has 0 atom stereocenters. The van der Waals surface area contributed by atoms with Gasteiger partial charge in [0.2, 0.25) is 0 Å². The second-order valence-corrected chi connectivity index (χ2v) is 4.40. The Bertz CT molecular complexity index is 475. The van der Waals surface area contributed by atoms with Gasteiger partial charge < -0.3 is 5.73 Å². The molecule has 1 heterocycles. The number of nitrogens with zero attached hydrogens (tertiary/aromatic N) is 2. The molecule has 0 aliphatic heterocycles. The van der Waals surface area contributed by atoms with Crippen molar-refractivity contribution in [2.75, 3.05) is 0 Å². The summed E-state index contributed by atoms with van der Waals surface area (Å²) in [5.74, 6) is -0.254. The Morgan fingerprint density at radius 1 is 1.38 bits per heavy atom. The summed E-state index contributed by atoms with van der Waals surface area (Å²) in [7, 11) is 0. The molecule has 0 amide bonds. The maximum absolute atomic E-state index is 13.1. The topological polar surface area (TPSA) is 43.8 Å². The number of benzene rings is 1. The molecule has 1 aromatic heterocycles. The summed E-state index contributed by atoms with van der Waals surface area (Å²) in [5.41, 5.74) is 7.15. The highest BCUT2D eigenvalue weighted by atomic mass is 79.9. The quantitative estimate of drug-likeness (QED) is 0.939. The lowest BCUT2D eigenvalue weighted by atomic mass is 10.2. The van der Waals surface area contributed by atoms with Gasteiger partial charge in [-0.1, -0.05) is 15.9 Å². The molecule has 0 aliphatic rings. The SMILES string of the molecule is NCc1ccn(Cc2cc(F)cc(Br)c2)n1. The molecule has 84 valence electrons. The largest absolute Gasteiger partial charge is 0.325 e. The van der Waals surface area contributed by atoms with Gasteiger partial charge in [0.25, 0.3) is 0 Å². The fourth-order valence-electron chi connectivity index (χ4n) is 1.49. The van der Waals surface area contributed by atoms with Crippen molar-refractivity contribution in [2.24, 2.45) is 5.73 Å². The molecule has 0 saturated heterocycles. The molecule has 0 spiro atoms. The summed E-state index contributed by atoms with van der Waals surface area (Å²) < 4.78 is 15.6. The standard InChI is InChI=1S/C11H11BrFN3/c12-9-3-8(4-10(13)5-9)7-16-2-1-11(6-14)15-16/h1-5H,6-7,14H2. The van der Waals surface area contributed by atoms with Gasteiger partial charge in [-0.3, -0.25) is 4.68 Å². The number of halogens is 2. The van der Waals surface area contributed by atoms with Crippen LogP contribution in [0.25, 0.3) is 0 Å². The van der Waals surface area contributed by atoms with Gasteiger partial charge >= 0.3 is 0 Å². The zero-order valence-electron chi connectivity index (χ0n) is 8.53. The van der Waals surface area contributed by atoms with E-state index in [9.17, 15) is 4.39 Å². The van der Waals surface area contributed by atoms with Crippen LogP contribution in [-0.4, -0.2) is 9.78 Å². The second kappa shape index (κ2) is 4.76. The Balaban J connectivity index is 2.19. The van der Waals surface area contributed by atoms with Crippen LogP contribution < -0.4 is 5.73 Å². The first-order valence-corrected chi connectivity index (χ1v) is 5.64. The maximum Gasteiger partial charge on any atom is 0.124 e. The van der Waals surface area contributed by atoms with Gasteiger partial charge in [-0.25, -0.2) is 4.39 Å². The predicted octanol–water partition coefficient (Wildman–Crippen LogP) is 2.29. The normalized spacial score (nSPS) is 10.7. The first kappa shape index (κ1) is 11.3. The van der Waals surface area contributed by atoms with Gasteiger partial charge in [-0.05, 0) is 29.8 Å². The van der Waals surface area contributed by atoms with Crippen molar-refractivity contribution in [1.82, 2.24) is 9.78 Å². The molecular weight excluding hydrogens is 273 g/mol. The van der Waals surface area contributed by atoms with Crippen LogP contribution in [0.1, 0.15) is 11.3 Å². The molecule has 0 unspecified atom stereocenters. The fraction of sp³-hybridized carbons (Fsp3) is 0.182. The first-order chi connectivity index (χ1) is 7.67. The van der Waals surface area contributed by atoms with Gasteiger partial charge in [0.05, 0.1) is 12.2 Å². The van der Waals surface area contributed by atoms with Crippen molar-refractivity contribution >= 4 is 15.9 Å². The monoisotopic (exact) mass is 283 g/mol. The molecule has 0 fully saturated rings. The minimum atomic E-state index is -0.254. The minimum absolute atomic E-state index is 0.254. The molecule has 3 nitrogen and oxygen atoms in total. The van der Waals surface area contributed by atoms with Crippen LogP contribution in [0.5, 0.6) is 0 Å². The van der Waals surface area contributed by atoms with Gasteiger partial charge in [0.15, 0.2) is 0 Å². The van der Waals surface area contributed by atoms with Gasteiger partial charge in [-0.15, -0.1) is 0 Å². The Labute approximate surface area is 101 Å². The minimum Gasteiger partial charge on any atom is -0.325 e. The van der Waals surface area contributed by atoms with Crippen molar-refractivity contribution in [3.8, 4) is 0 Å². The van der Waals surface area contributed by atoms with E-state index in [0.717, 1.165) is 15.7 Å². The van der Waals surface area contributed by atoms with E-state index < -0.39 is 0 Å². The molecule has 0 saturated carbocycles. The third-order valence-corrected chi connectivity index (χ3v) is 2.63. The lowest BCUT2D eigenvalue weighted by Gasteiger charge is -2.03. The smallest absolute Gasteiger partial charge is 0.124 e. The maximum atomic E-state index is 13.1. The number of hydrogen-bond acceptors (Lipinski definition) is 2. The van der Waals surface area contributed by atoms with Crippen LogP contribution in [0.4, 0.5) is 4.39 Å². The molecule has 0 aliphatic carbocycles. The van der Waals surface area contributed by atoms with E-state index in [1.54, 1.807) is 4.68 Å². The third kappa shape index (κ3) is 2.68. The molecule has 0 bridgehead atoms. The lowest BCUT2D eigenvalue weighted by Crippen LogP contribution is -2.03. The molecular formula is C11H11BrFN3. The molecule has 16 heavy (non-hydrogen) atoms. The van der Waals surface area contributed by atoms with Crippen LogP contribution in [0.2, 0.25) is 0 Å². The Morgan fingerprint density at radius 3 is 2.81 bits per heavy atom. The summed E-state index contributed by atoms with van der Waals surface area (Å²) in [5, 5.41) is 4.24. The average molecular weight is 284 g/mol. The Kier molecular flexibility index (Phi) is 3.36. The Morgan fingerprint density at radius 2 is 2.19 bits per heavy atom. The van der Waals surface area contributed by atoms with Crippen molar-refractivity contribution in [2.45, 2.75) is 13.1 Å². The van der Waals surface area contributed by atoms with Crippen molar-refractivity contribution in [1.29, 1.82) is 0 Å². The van der Waals surface area contributed by atoms with E-state index in [1.807, 2.05) is 18.3 Å². The van der Waals surface area contributed by atoms with Crippen LogP contribution >= 0.6 is 15.9 Å². The lowest BCUT2D eigenvalue weighted by molar-refractivity contribution is 0.617. The van der Waals surface area contributed by atoms with Crippen molar-refractivity contribution in [3.05, 3.63) is 52.0 Å². The summed E-state index contributed by atoms with van der Waals surface area (Å²) in [6.45, 7) is 0.955. The molecule has 2 N–H and O–H groups in total. The summed E-state index contributed by atoms with van der Waals surface area (Å²) in [6.07, 6.45) is 1.83. The molecule has 0 radical (unpaired) electrons. The summed E-state index contributed by atoms with van der Waals surface area (Å²) in [4.78, 5) is 0. The predicted molar refractivity (Wildman–Crippen MR) is 63.3 cm³/mol. The van der Waals surface area contributed by atoms with Crippen LogP contribution in [0.3, 0.4) is 0 Å². The van der Waals surface area contributed by atoms with Crippen LogP contribution in [-0.2, 0) is 13.1 Å². The van der Waals surface area contributed by atoms with Crippen molar-refractivity contribution in [3.63, 3.8) is 0 Å². The molecule has 1 aromatic carbocycles. The highest BCUT2D eigenvalue weighted by molar-refractivity contribution is 9.10. The van der Waals surface area contributed by atoms with Crippen LogP contribution in [0.15, 0.2) is 34.9 Å². The summed E-state index contributed by atoms with van der Waals surface area (Å²) in [6, 6.07) is 6.65. The van der Waals surface area contributed by atoms with E-state index in [-0.39, 0.29) is 5.82 Å². The van der Waals surface area contributed by atoms with E-state index in [1.165, 1.54) is 12.1 Å². The van der Waals surface area contributed by atoms with E-state index in [2.05, 4.69) is 21.0 Å². The number of rotatable bonds is 3. The molecule has 5 heteroatoms. The Hall–Kier alpha value is -1.20. The number of hydrogen-bond donors (Lipinski definition) is 1. The van der Waals surface area contributed by atoms with Gasteiger partial charge in [0.1, 0.15) is 5.82 Å². The van der Waals surface area contributed by atoms with Crippen molar-refractivity contribution < 1.29 is 4.39 Å². The summed E-state index contributed by atoms with van der Waals surface area (Å²) >= 11 is 3.26. The van der Waals surface area contributed by atoms with E-state index >= 15 is 0 Å². The zero-order chi connectivity index (χ0) is 11.5. The van der Waals surface area contributed by atoms with Gasteiger partial charge in [-0.2, -0.15) is 5.10 Å². The van der Waals surface area contributed by atoms with E-state index in [4.69, 9.17) is 5.73 Å². The highest BCUT2D eigenvalue weighted by Crippen LogP contribution is 2.15. The fourth-order valence-corrected chi connectivity index (χ4v) is 2.00. The first-order valence-electron chi connectivity index (χ1n) is 4.85. The highest BCUT2D eigenvalue weighted by Gasteiger charge is 2.01. The third-order valence-electron chi connectivity index (χ3n) is 2.17. The average Bonchev–Trinajstić information content (AvgIpc) is 2.64. The van der Waals surface area contributed by atoms with Gasteiger partial charge in [0, 0.05) is 17.2 Å². The zero-order valence-corrected chi connectivity index (χ0v) is 10.1.